The summed E-state index contributed by atoms with van der Waals surface area (Å²) in [5.41, 5.74) is 9.74. The number of para-hydroxylation sites is 2. The number of hydrogen-bond acceptors (Lipinski definition) is 3. The summed E-state index contributed by atoms with van der Waals surface area (Å²) in [5.74, 6) is 0. The molecule has 10 aromatic rings. The van der Waals surface area contributed by atoms with Crippen molar-refractivity contribution in [1.29, 1.82) is 0 Å². The fourth-order valence-electron chi connectivity index (χ4n) is 7.35. The third kappa shape index (κ3) is 4.62. The summed E-state index contributed by atoms with van der Waals surface area (Å²) in [6.07, 6.45) is 0. The van der Waals surface area contributed by atoms with Gasteiger partial charge in [-0.25, -0.2) is 0 Å². The second kappa shape index (κ2) is 11.2. The molecule has 0 radical (unpaired) electrons. The lowest BCUT2D eigenvalue weighted by atomic mass is 9.98. The van der Waals surface area contributed by atoms with Crippen molar-refractivity contribution >= 4 is 81.3 Å². The molecular weight excluding hydrogens is 615 g/mol. The van der Waals surface area contributed by atoms with Gasteiger partial charge in [0.25, 0.3) is 0 Å². The van der Waals surface area contributed by atoms with Gasteiger partial charge in [-0.1, -0.05) is 115 Å². The second-order valence-corrected chi connectivity index (χ2v) is 13.6. The Hall–Kier alpha value is -6.16. The Bertz CT molecular complexity index is 2830. The number of thiophene rings is 1. The zero-order chi connectivity index (χ0) is 32.3. The smallest absolute Gasteiger partial charge is 0.137 e. The number of benzene rings is 8. The summed E-state index contributed by atoms with van der Waals surface area (Å²) in [6, 6.07) is 63.2. The highest BCUT2D eigenvalue weighted by atomic mass is 32.1. The van der Waals surface area contributed by atoms with Crippen LogP contribution < -0.4 is 4.90 Å². The van der Waals surface area contributed by atoms with Crippen molar-refractivity contribution in [2.24, 2.45) is 0 Å². The van der Waals surface area contributed by atoms with Gasteiger partial charge in [0, 0.05) is 53.9 Å². The molecule has 0 amide bonds. The Balaban J connectivity index is 1.10. The van der Waals surface area contributed by atoms with Crippen LogP contribution in [0.3, 0.4) is 0 Å². The Morgan fingerprint density at radius 3 is 2.00 bits per heavy atom. The van der Waals surface area contributed by atoms with Gasteiger partial charge in [0.1, 0.15) is 11.2 Å². The fraction of sp³-hybridized carbons (Fsp3) is 0. The van der Waals surface area contributed by atoms with Crippen LogP contribution in [0.15, 0.2) is 180 Å². The molecule has 10 rings (SSSR count). The van der Waals surface area contributed by atoms with E-state index in [-0.39, 0.29) is 0 Å². The van der Waals surface area contributed by atoms with Gasteiger partial charge in [0.15, 0.2) is 0 Å². The van der Waals surface area contributed by atoms with Gasteiger partial charge in [0.2, 0.25) is 0 Å². The molecule has 2 heterocycles. The van der Waals surface area contributed by atoms with Crippen molar-refractivity contribution in [2.45, 2.75) is 0 Å². The summed E-state index contributed by atoms with van der Waals surface area (Å²) in [6.45, 7) is 0. The molecule has 2 aromatic heterocycles. The maximum atomic E-state index is 6.36. The maximum Gasteiger partial charge on any atom is 0.137 e. The lowest BCUT2D eigenvalue weighted by Crippen LogP contribution is -2.11. The molecule has 0 atom stereocenters. The molecule has 0 unspecified atom stereocenters. The lowest BCUT2D eigenvalue weighted by molar-refractivity contribution is 0.669. The standard InChI is InChI=1S/C46H29NOS/c1-2-10-31(11-3-1)36-12-4-7-15-41(36)47(35-24-26-39-38-13-5-8-16-42(38)48-43(39)29-35)34-22-18-30(19-23-34)32-20-25-37-33(28-32)21-27-45-46(37)40-14-6-9-17-44(40)49-45/h1-29H. The van der Waals surface area contributed by atoms with E-state index in [2.05, 4.69) is 169 Å². The summed E-state index contributed by atoms with van der Waals surface area (Å²) in [4.78, 5) is 2.34. The van der Waals surface area contributed by atoms with E-state index < -0.39 is 0 Å². The summed E-state index contributed by atoms with van der Waals surface area (Å²) in [5, 5.41) is 7.51. The third-order valence-electron chi connectivity index (χ3n) is 9.67. The molecule has 0 aliphatic rings. The van der Waals surface area contributed by atoms with Crippen molar-refractivity contribution in [2.75, 3.05) is 4.90 Å². The highest BCUT2D eigenvalue weighted by molar-refractivity contribution is 7.26. The van der Waals surface area contributed by atoms with Gasteiger partial charge in [0.05, 0.1) is 5.69 Å². The molecule has 49 heavy (non-hydrogen) atoms. The molecule has 0 aliphatic carbocycles. The van der Waals surface area contributed by atoms with E-state index in [0.717, 1.165) is 39.0 Å². The van der Waals surface area contributed by atoms with Gasteiger partial charge in [-0.15, -0.1) is 11.3 Å². The highest BCUT2D eigenvalue weighted by Gasteiger charge is 2.19. The molecule has 0 aliphatic heterocycles. The highest BCUT2D eigenvalue weighted by Crippen LogP contribution is 2.44. The zero-order valence-corrected chi connectivity index (χ0v) is 27.3. The minimum atomic E-state index is 0.876. The molecule has 3 heteroatoms. The normalized spacial score (nSPS) is 11.7. The molecular formula is C46H29NOS. The van der Waals surface area contributed by atoms with Crippen LogP contribution in [0.2, 0.25) is 0 Å². The number of fused-ring (bicyclic) bond motifs is 8. The Morgan fingerprint density at radius 1 is 0.408 bits per heavy atom. The summed E-state index contributed by atoms with van der Waals surface area (Å²) < 4.78 is 9.03. The van der Waals surface area contributed by atoms with Crippen LogP contribution in [0, 0.1) is 0 Å². The van der Waals surface area contributed by atoms with E-state index in [9.17, 15) is 0 Å². The van der Waals surface area contributed by atoms with Crippen LogP contribution in [-0.4, -0.2) is 0 Å². The lowest BCUT2D eigenvalue weighted by Gasteiger charge is -2.28. The Morgan fingerprint density at radius 2 is 1.10 bits per heavy atom. The Kier molecular flexibility index (Phi) is 6.39. The first-order valence-electron chi connectivity index (χ1n) is 16.6. The van der Waals surface area contributed by atoms with E-state index in [4.69, 9.17) is 4.42 Å². The number of anilines is 3. The summed E-state index contributed by atoms with van der Waals surface area (Å²) >= 11 is 1.87. The minimum absolute atomic E-state index is 0.876. The number of nitrogens with zero attached hydrogens (tertiary/aromatic N) is 1. The van der Waals surface area contributed by atoms with Crippen LogP contribution in [-0.2, 0) is 0 Å². The van der Waals surface area contributed by atoms with Crippen LogP contribution in [0.4, 0.5) is 17.1 Å². The largest absolute Gasteiger partial charge is 0.456 e. The molecule has 0 saturated carbocycles. The first-order valence-corrected chi connectivity index (χ1v) is 17.4. The number of rotatable bonds is 5. The minimum Gasteiger partial charge on any atom is -0.456 e. The van der Waals surface area contributed by atoms with Crippen LogP contribution >= 0.6 is 11.3 Å². The van der Waals surface area contributed by atoms with Gasteiger partial charge >= 0.3 is 0 Å². The second-order valence-electron chi connectivity index (χ2n) is 12.5. The van der Waals surface area contributed by atoms with Crippen molar-refractivity contribution in [3.05, 3.63) is 176 Å². The average molecular weight is 644 g/mol. The van der Waals surface area contributed by atoms with Crippen LogP contribution in [0.5, 0.6) is 0 Å². The van der Waals surface area contributed by atoms with Crippen molar-refractivity contribution in [3.8, 4) is 22.3 Å². The Labute approximate surface area is 287 Å². The van der Waals surface area contributed by atoms with Gasteiger partial charge in [-0.05, 0) is 82.1 Å². The third-order valence-corrected chi connectivity index (χ3v) is 10.8. The monoisotopic (exact) mass is 643 g/mol. The van der Waals surface area contributed by atoms with Gasteiger partial charge in [-0.2, -0.15) is 0 Å². The van der Waals surface area contributed by atoms with Crippen molar-refractivity contribution in [3.63, 3.8) is 0 Å². The maximum absolute atomic E-state index is 6.36. The SMILES string of the molecule is c1ccc(-c2ccccc2N(c2ccc(-c3ccc4c(ccc5sc6ccccc6c54)c3)cc2)c2ccc3c(c2)oc2ccccc23)cc1. The van der Waals surface area contributed by atoms with E-state index in [0.29, 0.717) is 0 Å². The van der Waals surface area contributed by atoms with Gasteiger partial charge < -0.3 is 9.32 Å². The molecule has 0 fully saturated rings. The molecule has 8 aromatic carbocycles. The van der Waals surface area contributed by atoms with Gasteiger partial charge in [-0.3, -0.25) is 0 Å². The summed E-state index contributed by atoms with van der Waals surface area (Å²) in [7, 11) is 0. The molecule has 0 saturated heterocycles. The molecule has 2 nitrogen and oxygen atoms in total. The van der Waals surface area contributed by atoms with Crippen molar-refractivity contribution < 1.29 is 4.42 Å². The van der Waals surface area contributed by atoms with Crippen molar-refractivity contribution in [1.82, 2.24) is 0 Å². The average Bonchev–Trinajstić information content (AvgIpc) is 3.74. The number of hydrogen-bond donors (Lipinski definition) is 0. The topological polar surface area (TPSA) is 16.4 Å². The quantitative estimate of drug-likeness (QED) is 0.186. The predicted octanol–water partition coefficient (Wildman–Crippen LogP) is 13.9. The fourth-order valence-corrected chi connectivity index (χ4v) is 8.47. The van der Waals surface area contributed by atoms with Crippen LogP contribution in [0.25, 0.3) is 75.1 Å². The molecule has 0 bridgehead atoms. The van der Waals surface area contributed by atoms with E-state index in [1.165, 1.54) is 53.2 Å². The first kappa shape index (κ1) is 27.9. The van der Waals surface area contributed by atoms with Crippen LogP contribution in [0.1, 0.15) is 0 Å². The molecule has 0 N–H and O–H groups in total. The number of furan rings is 1. The predicted molar refractivity (Wildman–Crippen MR) is 210 cm³/mol. The zero-order valence-electron chi connectivity index (χ0n) is 26.5. The molecule has 0 spiro atoms. The molecule has 230 valence electrons. The van der Waals surface area contributed by atoms with E-state index >= 15 is 0 Å². The first-order chi connectivity index (χ1) is 24.3. The van der Waals surface area contributed by atoms with E-state index in [1.807, 2.05) is 23.5 Å². The van der Waals surface area contributed by atoms with E-state index in [1.54, 1.807) is 0 Å².